The first kappa shape index (κ1) is 20.4. The highest BCUT2D eigenvalue weighted by Crippen LogP contribution is 2.36. The van der Waals surface area contributed by atoms with Gasteiger partial charge in [0.15, 0.2) is 5.82 Å². The Labute approximate surface area is 170 Å². The van der Waals surface area contributed by atoms with Crippen LogP contribution in [0.4, 0.5) is 38.0 Å². The topological polar surface area (TPSA) is 76.5 Å². The molecule has 0 saturated carbocycles. The van der Waals surface area contributed by atoms with Crippen LogP contribution in [0, 0.1) is 0 Å². The van der Waals surface area contributed by atoms with Crippen LogP contribution in [0.2, 0.25) is 0 Å². The van der Waals surface area contributed by atoms with Gasteiger partial charge in [-0.15, -0.1) is 5.10 Å². The van der Waals surface area contributed by atoms with E-state index in [-0.39, 0.29) is 28.5 Å². The van der Waals surface area contributed by atoms with Gasteiger partial charge >= 0.3 is 12.4 Å². The molecular formula is C19H10F6N6. The van der Waals surface area contributed by atoms with Crippen LogP contribution in [0.25, 0.3) is 22.3 Å². The van der Waals surface area contributed by atoms with Crippen molar-refractivity contribution in [1.29, 1.82) is 0 Å². The molecule has 0 aliphatic carbocycles. The van der Waals surface area contributed by atoms with Crippen LogP contribution in [0.5, 0.6) is 0 Å². The summed E-state index contributed by atoms with van der Waals surface area (Å²) < 4.78 is 77.8. The Hall–Kier alpha value is -3.83. The van der Waals surface area contributed by atoms with Gasteiger partial charge in [0.25, 0.3) is 0 Å². The second-order valence-corrected chi connectivity index (χ2v) is 6.27. The van der Waals surface area contributed by atoms with E-state index in [9.17, 15) is 26.3 Å². The summed E-state index contributed by atoms with van der Waals surface area (Å²) in [6, 6.07) is 6.86. The molecule has 0 bridgehead atoms. The first-order valence-corrected chi connectivity index (χ1v) is 8.58. The molecule has 0 amide bonds. The lowest BCUT2D eigenvalue weighted by Crippen LogP contribution is -2.09. The van der Waals surface area contributed by atoms with Crippen LogP contribution in [-0.4, -0.2) is 25.1 Å². The van der Waals surface area contributed by atoms with Crippen molar-refractivity contribution in [3.05, 3.63) is 66.1 Å². The molecule has 0 saturated heterocycles. The lowest BCUT2D eigenvalue weighted by Gasteiger charge is -2.12. The van der Waals surface area contributed by atoms with Crippen LogP contribution >= 0.6 is 0 Å². The molecule has 1 N–H and O–H groups in total. The Morgan fingerprint density at radius 3 is 2.29 bits per heavy atom. The summed E-state index contributed by atoms with van der Waals surface area (Å²) in [6.45, 7) is 0. The van der Waals surface area contributed by atoms with Gasteiger partial charge in [-0.25, -0.2) is 9.97 Å². The van der Waals surface area contributed by atoms with Gasteiger partial charge in [0, 0.05) is 17.8 Å². The SMILES string of the molecule is FC(F)(F)c1ccc(Nc2nncc3nc(-c4ncccc4C(F)(F)F)ccc23)nc1. The molecule has 4 aromatic rings. The van der Waals surface area contributed by atoms with Crippen LogP contribution in [0.3, 0.4) is 0 Å². The molecule has 4 heterocycles. The van der Waals surface area contributed by atoms with E-state index in [1.165, 1.54) is 30.6 Å². The normalized spacial score (nSPS) is 12.2. The third-order valence-corrected chi connectivity index (χ3v) is 4.21. The predicted molar refractivity (Wildman–Crippen MR) is 98.1 cm³/mol. The molecule has 158 valence electrons. The van der Waals surface area contributed by atoms with E-state index in [2.05, 4.69) is 30.5 Å². The maximum absolute atomic E-state index is 13.3. The van der Waals surface area contributed by atoms with Gasteiger partial charge in [-0.1, -0.05) is 0 Å². The van der Waals surface area contributed by atoms with Crippen LogP contribution in [0.1, 0.15) is 11.1 Å². The van der Waals surface area contributed by atoms with Crippen LogP contribution < -0.4 is 5.32 Å². The Balaban J connectivity index is 1.70. The molecule has 4 rings (SSSR count). The minimum Gasteiger partial charge on any atom is -0.323 e. The third kappa shape index (κ3) is 4.22. The second-order valence-electron chi connectivity index (χ2n) is 6.27. The quantitative estimate of drug-likeness (QED) is 0.442. The maximum Gasteiger partial charge on any atom is 0.418 e. The molecule has 6 nitrogen and oxygen atoms in total. The van der Waals surface area contributed by atoms with E-state index in [0.717, 1.165) is 18.2 Å². The fraction of sp³-hybridized carbons (Fsp3) is 0.105. The van der Waals surface area contributed by atoms with Crippen LogP contribution in [-0.2, 0) is 12.4 Å². The fourth-order valence-corrected chi connectivity index (χ4v) is 2.79. The van der Waals surface area contributed by atoms with Crippen molar-refractivity contribution >= 4 is 22.5 Å². The van der Waals surface area contributed by atoms with E-state index in [4.69, 9.17) is 0 Å². The molecule has 0 aliphatic heterocycles. The highest BCUT2D eigenvalue weighted by atomic mass is 19.4. The largest absolute Gasteiger partial charge is 0.418 e. The monoisotopic (exact) mass is 436 g/mol. The average Bonchev–Trinajstić information content (AvgIpc) is 2.73. The summed E-state index contributed by atoms with van der Waals surface area (Å²) in [6.07, 6.45) is -5.99. The zero-order valence-corrected chi connectivity index (χ0v) is 15.2. The summed E-state index contributed by atoms with van der Waals surface area (Å²) in [5.41, 5.74) is -2.00. The van der Waals surface area contributed by atoms with Crippen LogP contribution in [0.15, 0.2) is 55.0 Å². The number of pyridine rings is 3. The highest BCUT2D eigenvalue weighted by Gasteiger charge is 2.34. The van der Waals surface area contributed by atoms with E-state index in [1.54, 1.807) is 0 Å². The molecule has 0 atom stereocenters. The minimum atomic E-state index is -4.61. The fourth-order valence-electron chi connectivity index (χ4n) is 2.79. The molecule has 0 spiro atoms. The summed E-state index contributed by atoms with van der Waals surface area (Å²) in [7, 11) is 0. The van der Waals surface area contributed by atoms with E-state index >= 15 is 0 Å². The number of hydrogen-bond acceptors (Lipinski definition) is 6. The van der Waals surface area contributed by atoms with Gasteiger partial charge in [-0.2, -0.15) is 31.4 Å². The van der Waals surface area contributed by atoms with Gasteiger partial charge < -0.3 is 5.32 Å². The number of anilines is 2. The molecule has 4 aromatic heterocycles. The summed E-state index contributed by atoms with van der Waals surface area (Å²) in [4.78, 5) is 11.7. The highest BCUT2D eigenvalue weighted by molar-refractivity contribution is 5.91. The minimum absolute atomic E-state index is 0.0213. The standard InChI is InChI=1S/C19H10F6N6/c20-18(21,22)10-3-6-15(27-8-10)30-17-11-4-5-13(29-14(11)9-28-31-17)16-12(19(23,24)25)2-1-7-26-16/h1-9H,(H,27,30,31). The molecule has 0 fully saturated rings. The van der Waals surface area contributed by atoms with Crippen molar-refractivity contribution in [2.75, 3.05) is 5.32 Å². The molecule has 0 unspecified atom stereocenters. The molecule has 0 radical (unpaired) electrons. The number of rotatable bonds is 3. The molecule has 0 aliphatic rings. The van der Waals surface area contributed by atoms with Gasteiger partial charge in [-0.05, 0) is 36.4 Å². The predicted octanol–water partition coefficient (Wildman–Crippen LogP) is 5.26. The van der Waals surface area contributed by atoms with Crippen molar-refractivity contribution < 1.29 is 26.3 Å². The molecule has 0 aromatic carbocycles. The lowest BCUT2D eigenvalue weighted by molar-refractivity contribution is -0.138. The van der Waals surface area contributed by atoms with Crippen molar-refractivity contribution in [3.8, 4) is 11.4 Å². The average molecular weight is 436 g/mol. The van der Waals surface area contributed by atoms with E-state index in [0.29, 0.717) is 11.6 Å². The zero-order chi connectivity index (χ0) is 22.2. The third-order valence-electron chi connectivity index (χ3n) is 4.21. The Kier molecular flexibility index (Phi) is 4.91. The number of fused-ring (bicyclic) bond motifs is 1. The van der Waals surface area contributed by atoms with Gasteiger partial charge in [0.2, 0.25) is 0 Å². The smallest absolute Gasteiger partial charge is 0.323 e. The number of alkyl halides is 6. The van der Waals surface area contributed by atoms with Crippen molar-refractivity contribution in [2.45, 2.75) is 12.4 Å². The number of halogens is 6. The van der Waals surface area contributed by atoms with Gasteiger partial charge in [-0.3, -0.25) is 4.98 Å². The van der Waals surface area contributed by atoms with Crippen molar-refractivity contribution in [2.24, 2.45) is 0 Å². The number of hydrogen-bond donors (Lipinski definition) is 1. The molecule has 12 heteroatoms. The second kappa shape index (κ2) is 7.45. The first-order chi connectivity index (χ1) is 14.6. The zero-order valence-electron chi connectivity index (χ0n) is 15.2. The van der Waals surface area contributed by atoms with E-state index in [1.807, 2.05) is 0 Å². The lowest BCUT2D eigenvalue weighted by atomic mass is 10.1. The Morgan fingerprint density at radius 2 is 1.61 bits per heavy atom. The Bertz CT molecular complexity index is 1240. The first-order valence-electron chi connectivity index (χ1n) is 8.58. The summed E-state index contributed by atoms with van der Waals surface area (Å²) in [5, 5.41) is 10.7. The molecule has 31 heavy (non-hydrogen) atoms. The van der Waals surface area contributed by atoms with E-state index < -0.39 is 23.5 Å². The summed E-state index contributed by atoms with van der Waals surface area (Å²) >= 11 is 0. The molecular weight excluding hydrogens is 426 g/mol. The number of nitrogens with one attached hydrogen (secondary N) is 1. The van der Waals surface area contributed by atoms with Gasteiger partial charge in [0.05, 0.1) is 28.5 Å². The van der Waals surface area contributed by atoms with Crippen molar-refractivity contribution in [3.63, 3.8) is 0 Å². The van der Waals surface area contributed by atoms with Crippen molar-refractivity contribution in [1.82, 2.24) is 25.1 Å². The summed E-state index contributed by atoms with van der Waals surface area (Å²) in [5.74, 6) is 0.198. The number of nitrogens with zero attached hydrogens (tertiary/aromatic N) is 5. The Morgan fingerprint density at radius 1 is 0.806 bits per heavy atom. The maximum atomic E-state index is 13.3. The number of aromatic nitrogens is 5. The van der Waals surface area contributed by atoms with Gasteiger partial charge in [0.1, 0.15) is 11.5 Å².